The minimum absolute atomic E-state index is 0.145. The second kappa shape index (κ2) is 3.64. The van der Waals surface area contributed by atoms with Crippen LogP contribution in [0.5, 0.6) is 0 Å². The molecule has 0 saturated heterocycles. The molecule has 0 bridgehead atoms. The van der Waals surface area contributed by atoms with E-state index < -0.39 is 6.10 Å². The van der Waals surface area contributed by atoms with Crippen molar-refractivity contribution < 1.29 is 5.11 Å². The van der Waals surface area contributed by atoms with Gasteiger partial charge in [0.15, 0.2) is 0 Å². The second-order valence-electron chi connectivity index (χ2n) is 1.95. The molecule has 0 aromatic carbocycles. The summed E-state index contributed by atoms with van der Waals surface area (Å²) in [6.45, 7) is 5.24. The van der Waals surface area contributed by atoms with E-state index in [1.54, 1.807) is 13.0 Å². The fourth-order valence-corrected chi connectivity index (χ4v) is 0.385. The van der Waals surface area contributed by atoms with Gasteiger partial charge in [-0.15, -0.1) is 6.58 Å². The van der Waals surface area contributed by atoms with Gasteiger partial charge in [-0.25, -0.2) is 0 Å². The summed E-state index contributed by atoms with van der Waals surface area (Å²) in [4.78, 5) is 0. The Balaban J connectivity index is 3.30. The van der Waals surface area contributed by atoms with E-state index in [0.717, 1.165) is 0 Å². The molecule has 0 aliphatic rings. The molecule has 0 radical (unpaired) electrons. The first-order valence-corrected chi connectivity index (χ1v) is 2.73. The van der Waals surface area contributed by atoms with Gasteiger partial charge >= 0.3 is 0 Å². The maximum atomic E-state index is 8.93. The molecule has 2 nitrogen and oxygen atoms in total. The molecule has 48 valence electrons. The van der Waals surface area contributed by atoms with Crippen molar-refractivity contribution >= 4 is 0 Å². The molecule has 1 unspecified atom stereocenters. The summed E-state index contributed by atoms with van der Waals surface area (Å²) >= 11 is 0. The molecule has 8 heavy (non-hydrogen) atoms. The van der Waals surface area contributed by atoms with Crippen LogP contribution in [0.3, 0.4) is 0 Å². The first kappa shape index (κ1) is 7.66. The Kier molecular flexibility index (Phi) is 3.48. The highest BCUT2D eigenvalue weighted by Crippen LogP contribution is 1.94. The van der Waals surface area contributed by atoms with Gasteiger partial charge in [-0.05, 0) is 13.3 Å². The van der Waals surface area contributed by atoms with Crippen LogP contribution in [0.1, 0.15) is 13.3 Å². The summed E-state index contributed by atoms with van der Waals surface area (Å²) in [5.41, 5.74) is 5.32. The number of aliphatic hydroxyl groups is 1. The molecule has 2 atom stereocenters. The molecule has 0 saturated carbocycles. The van der Waals surface area contributed by atoms with Crippen molar-refractivity contribution in [2.24, 2.45) is 5.73 Å². The van der Waals surface area contributed by atoms with Gasteiger partial charge in [0.25, 0.3) is 0 Å². The van der Waals surface area contributed by atoms with Crippen LogP contribution in [-0.4, -0.2) is 17.3 Å². The zero-order chi connectivity index (χ0) is 6.57. The van der Waals surface area contributed by atoms with Gasteiger partial charge in [-0.2, -0.15) is 0 Å². The van der Waals surface area contributed by atoms with Gasteiger partial charge in [0.2, 0.25) is 0 Å². The van der Waals surface area contributed by atoms with Crippen molar-refractivity contribution in [1.82, 2.24) is 0 Å². The van der Waals surface area contributed by atoms with E-state index in [1.807, 2.05) is 0 Å². The normalized spacial score (nSPS) is 17.4. The van der Waals surface area contributed by atoms with E-state index in [-0.39, 0.29) is 6.04 Å². The molecule has 0 fully saturated rings. The van der Waals surface area contributed by atoms with E-state index >= 15 is 0 Å². The number of aliphatic hydroxyl groups excluding tert-OH is 1. The van der Waals surface area contributed by atoms with Gasteiger partial charge in [-0.1, -0.05) is 6.08 Å². The van der Waals surface area contributed by atoms with Gasteiger partial charge < -0.3 is 10.8 Å². The predicted octanol–water partition coefficient (Wildman–Crippen LogP) is 0.271. The van der Waals surface area contributed by atoms with Gasteiger partial charge in [0, 0.05) is 6.04 Å². The minimum Gasteiger partial charge on any atom is -0.391 e. The molecule has 0 aliphatic carbocycles. The standard InChI is InChI=1S/C6H13NO/c1-3-4-6(8)5(2)7/h3,5-6,8H,1,4,7H2,2H3/t5-,6?/m1/s1. The maximum absolute atomic E-state index is 8.93. The molecular formula is C6H13NO. The average molecular weight is 115 g/mol. The van der Waals surface area contributed by atoms with Crippen LogP contribution >= 0.6 is 0 Å². The lowest BCUT2D eigenvalue weighted by atomic mass is 10.1. The molecular weight excluding hydrogens is 102 g/mol. The third-order valence-corrected chi connectivity index (χ3v) is 1.02. The summed E-state index contributed by atoms with van der Waals surface area (Å²) < 4.78 is 0. The molecule has 0 aromatic heterocycles. The van der Waals surface area contributed by atoms with Crippen LogP contribution in [-0.2, 0) is 0 Å². The molecule has 0 spiro atoms. The number of rotatable bonds is 3. The van der Waals surface area contributed by atoms with Crippen LogP contribution in [0.15, 0.2) is 12.7 Å². The molecule has 0 rings (SSSR count). The highest BCUT2D eigenvalue weighted by atomic mass is 16.3. The second-order valence-corrected chi connectivity index (χ2v) is 1.95. The van der Waals surface area contributed by atoms with Gasteiger partial charge in [-0.3, -0.25) is 0 Å². The zero-order valence-corrected chi connectivity index (χ0v) is 5.17. The Morgan fingerprint density at radius 2 is 2.38 bits per heavy atom. The fourth-order valence-electron chi connectivity index (χ4n) is 0.385. The van der Waals surface area contributed by atoms with Gasteiger partial charge in [0.05, 0.1) is 6.10 Å². The summed E-state index contributed by atoms with van der Waals surface area (Å²) in [5.74, 6) is 0. The summed E-state index contributed by atoms with van der Waals surface area (Å²) in [5, 5.41) is 8.93. The molecule has 0 heterocycles. The Labute approximate surface area is 50.0 Å². The van der Waals surface area contributed by atoms with Crippen LogP contribution in [0.4, 0.5) is 0 Å². The van der Waals surface area contributed by atoms with Crippen LogP contribution in [0.2, 0.25) is 0 Å². The smallest absolute Gasteiger partial charge is 0.0722 e. The lowest BCUT2D eigenvalue weighted by molar-refractivity contribution is 0.154. The van der Waals surface area contributed by atoms with Crippen molar-refractivity contribution in [1.29, 1.82) is 0 Å². The highest BCUT2D eigenvalue weighted by molar-refractivity contribution is 4.76. The van der Waals surface area contributed by atoms with E-state index in [1.165, 1.54) is 0 Å². The number of nitrogens with two attached hydrogens (primary N) is 1. The topological polar surface area (TPSA) is 46.2 Å². The Morgan fingerprint density at radius 3 is 2.50 bits per heavy atom. The lowest BCUT2D eigenvalue weighted by Crippen LogP contribution is -2.30. The van der Waals surface area contributed by atoms with Crippen molar-refractivity contribution in [3.63, 3.8) is 0 Å². The molecule has 2 heteroatoms. The van der Waals surface area contributed by atoms with Crippen molar-refractivity contribution in [2.45, 2.75) is 25.5 Å². The van der Waals surface area contributed by atoms with E-state index in [4.69, 9.17) is 10.8 Å². The molecule has 3 N–H and O–H groups in total. The molecule has 0 aromatic rings. The summed E-state index contributed by atoms with van der Waals surface area (Å²) in [6.07, 6.45) is 1.82. The van der Waals surface area contributed by atoms with Crippen LogP contribution in [0.25, 0.3) is 0 Å². The van der Waals surface area contributed by atoms with E-state index in [2.05, 4.69) is 6.58 Å². The summed E-state index contributed by atoms with van der Waals surface area (Å²) in [7, 11) is 0. The third-order valence-electron chi connectivity index (χ3n) is 1.02. The average Bonchev–Trinajstić information content (AvgIpc) is 1.67. The quantitative estimate of drug-likeness (QED) is 0.519. The highest BCUT2D eigenvalue weighted by Gasteiger charge is 2.04. The largest absolute Gasteiger partial charge is 0.391 e. The fraction of sp³-hybridized carbons (Fsp3) is 0.667. The Morgan fingerprint density at radius 1 is 1.88 bits per heavy atom. The van der Waals surface area contributed by atoms with Gasteiger partial charge in [0.1, 0.15) is 0 Å². The van der Waals surface area contributed by atoms with E-state index in [0.29, 0.717) is 6.42 Å². The number of hydrogen-bond acceptors (Lipinski definition) is 2. The first-order chi connectivity index (χ1) is 3.68. The molecule has 0 amide bonds. The Hall–Kier alpha value is -0.340. The number of hydrogen-bond donors (Lipinski definition) is 2. The maximum Gasteiger partial charge on any atom is 0.0722 e. The predicted molar refractivity (Wildman–Crippen MR) is 34.5 cm³/mol. The lowest BCUT2D eigenvalue weighted by Gasteiger charge is -2.10. The van der Waals surface area contributed by atoms with Crippen molar-refractivity contribution in [3.8, 4) is 0 Å². The molecule has 0 aliphatic heterocycles. The first-order valence-electron chi connectivity index (χ1n) is 2.73. The van der Waals surface area contributed by atoms with Crippen molar-refractivity contribution in [2.75, 3.05) is 0 Å². The SMILES string of the molecule is C=CCC(O)[C@@H](C)N. The van der Waals surface area contributed by atoms with E-state index in [9.17, 15) is 0 Å². The minimum atomic E-state index is -0.424. The monoisotopic (exact) mass is 115 g/mol. The van der Waals surface area contributed by atoms with Crippen LogP contribution in [0, 0.1) is 0 Å². The Bertz CT molecular complexity index is 70.9. The summed E-state index contributed by atoms with van der Waals surface area (Å²) in [6, 6.07) is -0.145. The zero-order valence-electron chi connectivity index (χ0n) is 5.17. The van der Waals surface area contributed by atoms with Crippen LogP contribution < -0.4 is 5.73 Å². The third kappa shape index (κ3) is 2.77. The van der Waals surface area contributed by atoms with Crippen molar-refractivity contribution in [3.05, 3.63) is 12.7 Å².